The summed E-state index contributed by atoms with van der Waals surface area (Å²) in [6.07, 6.45) is 9.06. The van der Waals surface area contributed by atoms with Crippen molar-refractivity contribution in [1.29, 1.82) is 0 Å². The van der Waals surface area contributed by atoms with Gasteiger partial charge in [-0.15, -0.1) is 10.2 Å². The molecule has 0 atom stereocenters. The van der Waals surface area contributed by atoms with E-state index >= 15 is 0 Å². The first-order valence-electron chi connectivity index (χ1n) is 10.5. The topological polar surface area (TPSA) is 59.8 Å². The summed E-state index contributed by atoms with van der Waals surface area (Å²) >= 11 is 1.47. The van der Waals surface area contributed by atoms with E-state index in [4.69, 9.17) is 0 Å². The van der Waals surface area contributed by atoms with Crippen molar-refractivity contribution in [1.82, 2.24) is 14.8 Å². The molecular formula is C22H32N4OS. The lowest BCUT2D eigenvalue weighted by Gasteiger charge is -2.21. The van der Waals surface area contributed by atoms with Crippen molar-refractivity contribution in [3.63, 3.8) is 0 Å². The van der Waals surface area contributed by atoms with Gasteiger partial charge in [0.15, 0.2) is 5.16 Å². The fourth-order valence-corrected chi connectivity index (χ4v) is 4.70. The molecule has 1 fully saturated rings. The molecule has 6 heteroatoms. The lowest BCUT2D eigenvalue weighted by atomic mass is 9.86. The third kappa shape index (κ3) is 5.60. The molecule has 1 heterocycles. The molecule has 0 aliphatic heterocycles. The lowest BCUT2D eigenvalue weighted by molar-refractivity contribution is -0.113. The molecule has 3 rings (SSSR count). The summed E-state index contributed by atoms with van der Waals surface area (Å²) in [5, 5.41) is 12.6. The smallest absolute Gasteiger partial charge is 0.234 e. The number of nitrogens with one attached hydrogen (secondary N) is 1. The van der Waals surface area contributed by atoms with Crippen molar-refractivity contribution in [2.75, 3.05) is 11.1 Å². The molecule has 1 amide bonds. The van der Waals surface area contributed by atoms with Crippen molar-refractivity contribution in [3.05, 3.63) is 35.2 Å². The number of rotatable bonds is 8. The van der Waals surface area contributed by atoms with Gasteiger partial charge < -0.3 is 9.88 Å². The Balaban J connectivity index is 1.52. The summed E-state index contributed by atoms with van der Waals surface area (Å²) in [4.78, 5) is 12.3. The van der Waals surface area contributed by atoms with E-state index in [9.17, 15) is 4.79 Å². The number of anilines is 1. The highest BCUT2D eigenvalue weighted by atomic mass is 32.2. The van der Waals surface area contributed by atoms with Crippen LogP contribution in [-0.4, -0.2) is 26.4 Å². The first-order valence-corrected chi connectivity index (χ1v) is 11.5. The first-order chi connectivity index (χ1) is 13.6. The van der Waals surface area contributed by atoms with Crippen LogP contribution in [0.4, 0.5) is 5.69 Å². The maximum atomic E-state index is 12.3. The van der Waals surface area contributed by atoms with Crippen LogP contribution >= 0.6 is 11.8 Å². The average Bonchev–Trinajstić information content (AvgIpc) is 3.10. The van der Waals surface area contributed by atoms with E-state index in [1.165, 1.54) is 61.4 Å². The summed E-state index contributed by atoms with van der Waals surface area (Å²) in [5.41, 5.74) is 3.25. The van der Waals surface area contributed by atoms with Crippen molar-refractivity contribution in [2.45, 2.75) is 77.4 Å². The molecule has 5 nitrogen and oxygen atoms in total. The second-order valence-corrected chi connectivity index (χ2v) is 8.76. The third-order valence-corrected chi connectivity index (χ3v) is 6.70. The maximum absolute atomic E-state index is 12.3. The number of aromatic nitrogens is 3. The third-order valence-electron chi connectivity index (χ3n) is 5.73. The molecule has 1 N–H and O–H groups in total. The number of thioether (sulfide) groups is 1. The Hall–Kier alpha value is -1.82. The number of hydrogen-bond acceptors (Lipinski definition) is 4. The van der Waals surface area contributed by atoms with Crippen molar-refractivity contribution >= 4 is 23.4 Å². The number of aryl methyl sites for hydroxylation is 3. The summed E-state index contributed by atoms with van der Waals surface area (Å²) in [5.74, 6) is 2.23. The maximum Gasteiger partial charge on any atom is 0.234 e. The first kappa shape index (κ1) is 20.9. The molecule has 0 saturated heterocycles. The number of carbonyl (C=O) groups is 1. The zero-order valence-electron chi connectivity index (χ0n) is 17.3. The van der Waals surface area contributed by atoms with E-state index in [2.05, 4.69) is 40.9 Å². The predicted octanol–water partition coefficient (Wildman–Crippen LogP) is 5.16. The standard InChI is InChI=1S/C22H32N4OS/c1-4-26-20(13-11-18-8-6-5-7-9-18)24-25-22(26)28-15-21(27)23-19-12-10-16(2)17(3)14-19/h10,12,14,18H,4-9,11,13,15H2,1-3H3,(H,23,27). The zero-order valence-corrected chi connectivity index (χ0v) is 18.1. The Bertz CT molecular complexity index is 796. The van der Waals surface area contributed by atoms with Gasteiger partial charge in [-0.25, -0.2) is 0 Å². The van der Waals surface area contributed by atoms with E-state index in [-0.39, 0.29) is 5.91 Å². The zero-order chi connectivity index (χ0) is 19.9. The Morgan fingerprint density at radius 1 is 1.18 bits per heavy atom. The van der Waals surface area contributed by atoms with Gasteiger partial charge in [0.1, 0.15) is 5.82 Å². The van der Waals surface area contributed by atoms with E-state index in [1.807, 2.05) is 18.2 Å². The molecule has 28 heavy (non-hydrogen) atoms. The molecule has 1 aromatic heterocycles. The molecule has 152 valence electrons. The van der Waals surface area contributed by atoms with Crippen LogP contribution in [0.2, 0.25) is 0 Å². The quantitative estimate of drug-likeness (QED) is 0.622. The van der Waals surface area contributed by atoms with Gasteiger partial charge in [0.25, 0.3) is 0 Å². The lowest BCUT2D eigenvalue weighted by Crippen LogP contribution is -2.15. The molecule has 0 unspecified atom stereocenters. The molecule has 1 saturated carbocycles. The highest BCUT2D eigenvalue weighted by Crippen LogP contribution is 2.28. The van der Waals surface area contributed by atoms with E-state index in [0.717, 1.165) is 35.6 Å². The van der Waals surface area contributed by atoms with Gasteiger partial charge in [-0.3, -0.25) is 4.79 Å². The van der Waals surface area contributed by atoms with E-state index in [1.54, 1.807) is 0 Å². The summed E-state index contributed by atoms with van der Waals surface area (Å²) in [6.45, 7) is 7.08. The van der Waals surface area contributed by atoms with E-state index < -0.39 is 0 Å². The van der Waals surface area contributed by atoms with Crippen LogP contribution in [0.25, 0.3) is 0 Å². The molecule has 2 aromatic rings. The molecule has 0 spiro atoms. The van der Waals surface area contributed by atoms with Crippen LogP contribution in [0, 0.1) is 19.8 Å². The molecule has 0 bridgehead atoms. The SMILES string of the molecule is CCn1c(CCC2CCCCC2)nnc1SCC(=O)Nc1ccc(C)c(C)c1. The van der Waals surface area contributed by atoms with Gasteiger partial charge in [-0.1, -0.05) is 49.9 Å². The van der Waals surface area contributed by atoms with Crippen molar-refractivity contribution in [2.24, 2.45) is 5.92 Å². The minimum atomic E-state index is -0.0114. The number of hydrogen-bond donors (Lipinski definition) is 1. The van der Waals surface area contributed by atoms with E-state index in [0.29, 0.717) is 5.75 Å². The van der Waals surface area contributed by atoms with Crippen LogP contribution < -0.4 is 5.32 Å². The normalized spacial score (nSPS) is 15.0. The van der Waals surface area contributed by atoms with Crippen LogP contribution in [0.3, 0.4) is 0 Å². The molecular weight excluding hydrogens is 368 g/mol. The fourth-order valence-electron chi connectivity index (χ4n) is 3.88. The van der Waals surface area contributed by atoms with Crippen LogP contribution in [-0.2, 0) is 17.8 Å². The minimum absolute atomic E-state index is 0.0114. The van der Waals surface area contributed by atoms with Gasteiger partial charge >= 0.3 is 0 Å². The average molecular weight is 401 g/mol. The minimum Gasteiger partial charge on any atom is -0.325 e. The number of nitrogens with zero attached hydrogens (tertiary/aromatic N) is 3. The van der Waals surface area contributed by atoms with Crippen LogP contribution in [0.5, 0.6) is 0 Å². The van der Waals surface area contributed by atoms with Gasteiger partial charge in [0, 0.05) is 18.7 Å². The summed E-state index contributed by atoms with van der Waals surface area (Å²) in [7, 11) is 0. The highest BCUT2D eigenvalue weighted by molar-refractivity contribution is 7.99. The molecule has 1 aromatic carbocycles. The number of carbonyl (C=O) groups excluding carboxylic acids is 1. The predicted molar refractivity (Wildman–Crippen MR) is 116 cm³/mol. The largest absolute Gasteiger partial charge is 0.325 e. The summed E-state index contributed by atoms with van der Waals surface area (Å²) in [6, 6.07) is 5.99. The van der Waals surface area contributed by atoms with Gasteiger partial charge in [0.2, 0.25) is 5.91 Å². The Labute approximate surface area is 172 Å². The molecule has 1 aliphatic rings. The monoisotopic (exact) mass is 400 g/mol. The second-order valence-electron chi connectivity index (χ2n) is 7.82. The Kier molecular flexibility index (Phi) is 7.54. The van der Waals surface area contributed by atoms with Crippen LogP contribution in [0.15, 0.2) is 23.4 Å². The molecule has 1 aliphatic carbocycles. The summed E-state index contributed by atoms with van der Waals surface area (Å²) < 4.78 is 2.16. The Morgan fingerprint density at radius 3 is 2.68 bits per heavy atom. The van der Waals surface area contributed by atoms with Crippen molar-refractivity contribution < 1.29 is 4.79 Å². The fraction of sp³-hybridized carbons (Fsp3) is 0.591. The number of amides is 1. The van der Waals surface area contributed by atoms with Gasteiger partial charge in [-0.2, -0.15) is 0 Å². The van der Waals surface area contributed by atoms with Crippen molar-refractivity contribution in [3.8, 4) is 0 Å². The second kappa shape index (κ2) is 10.1. The highest BCUT2D eigenvalue weighted by Gasteiger charge is 2.17. The van der Waals surface area contributed by atoms with Gasteiger partial charge in [0.05, 0.1) is 5.75 Å². The number of benzene rings is 1. The van der Waals surface area contributed by atoms with Gasteiger partial charge in [-0.05, 0) is 56.4 Å². The van der Waals surface area contributed by atoms with Crippen LogP contribution in [0.1, 0.15) is 62.4 Å². The Morgan fingerprint density at radius 2 is 1.96 bits per heavy atom. The molecule has 0 radical (unpaired) electrons.